The number of rotatable bonds is 3. The number of nitrogens with one attached hydrogen (secondary N) is 1. The van der Waals surface area contributed by atoms with E-state index in [0.29, 0.717) is 0 Å². The Labute approximate surface area is 100.0 Å². The van der Waals surface area contributed by atoms with Crippen molar-refractivity contribution < 1.29 is 14.7 Å². The number of anilines is 1. The summed E-state index contributed by atoms with van der Waals surface area (Å²) in [5.74, 6) is -1.65. The van der Waals surface area contributed by atoms with Crippen molar-refractivity contribution in [1.29, 1.82) is 0 Å². The molecule has 17 heavy (non-hydrogen) atoms. The van der Waals surface area contributed by atoms with E-state index in [1.807, 2.05) is 0 Å². The predicted octanol–water partition coefficient (Wildman–Crippen LogP) is 1.49. The number of carboxylic acid groups (broad SMARTS) is 1. The minimum atomic E-state index is -1.20. The van der Waals surface area contributed by atoms with Crippen LogP contribution < -0.4 is 5.32 Å². The van der Waals surface area contributed by atoms with Crippen molar-refractivity contribution in [2.24, 2.45) is 0 Å². The lowest BCUT2D eigenvalue weighted by Gasteiger charge is -2.05. The molecule has 0 fully saturated rings. The number of pyridine rings is 1. The minimum absolute atomic E-state index is 0.151. The number of nitrogens with zero attached hydrogens (tertiary/aromatic N) is 2. The summed E-state index contributed by atoms with van der Waals surface area (Å²) in [6, 6.07) is 3.02. The molecule has 2 aromatic heterocycles. The highest BCUT2D eigenvalue weighted by Gasteiger charge is 2.15. The van der Waals surface area contributed by atoms with Crippen LogP contribution in [0.3, 0.4) is 0 Å². The number of carboxylic acids is 1. The van der Waals surface area contributed by atoms with E-state index in [0.717, 1.165) is 0 Å². The Morgan fingerprint density at radius 2 is 2.18 bits per heavy atom. The number of aromatic nitrogens is 2. The highest BCUT2D eigenvalue weighted by Crippen LogP contribution is 2.13. The minimum Gasteiger partial charge on any atom is -0.476 e. The second-order valence-corrected chi connectivity index (χ2v) is 3.75. The zero-order valence-electron chi connectivity index (χ0n) is 8.45. The van der Waals surface area contributed by atoms with Crippen molar-refractivity contribution in [3.63, 3.8) is 0 Å². The average molecular weight is 249 g/mol. The van der Waals surface area contributed by atoms with E-state index in [2.05, 4.69) is 15.3 Å². The van der Waals surface area contributed by atoms with Gasteiger partial charge in [0.2, 0.25) is 0 Å². The van der Waals surface area contributed by atoms with Gasteiger partial charge in [0.05, 0.1) is 11.2 Å². The Morgan fingerprint density at radius 3 is 2.82 bits per heavy atom. The van der Waals surface area contributed by atoms with E-state index < -0.39 is 11.9 Å². The highest BCUT2D eigenvalue weighted by molar-refractivity contribution is 7.07. The molecule has 0 atom stereocenters. The standard InChI is InChI=1S/C10H7N3O3S/c14-9(7-4-17-5-12-7)13-6-2-1-3-11-8(6)10(15)16/h1-5H,(H,13,14)(H,15,16). The zero-order valence-corrected chi connectivity index (χ0v) is 9.27. The number of carbonyl (C=O) groups excluding carboxylic acids is 1. The van der Waals surface area contributed by atoms with Gasteiger partial charge in [-0.3, -0.25) is 4.79 Å². The van der Waals surface area contributed by atoms with Gasteiger partial charge < -0.3 is 10.4 Å². The number of aromatic carboxylic acids is 1. The molecule has 0 aliphatic heterocycles. The molecule has 0 saturated heterocycles. The Kier molecular flexibility index (Phi) is 3.10. The van der Waals surface area contributed by atoms with E-state index in [9.17, 15) is 9.59 Å². The van der Waals surface area contributed by atoms with Gasteiger partial charge in [-0.1, -0.05) is 0 Å². The van der Waals surface area contributed by atoms with Crippen molar-refractivity contribution in [2.45, 2.75) is 0 Å². The van der Waals surface area contributed by atoms with Crippen LogP contribution >= 0.6 is 11.3 Å². The van der Waals surface area contributed by atoms with Gasteiger partial charge >= 0.3 is 5.97 Å². The largest absolute Gasteiger partial charge is 0.476 e. The summed E-state index contributed by atoms with van der Waals surface area (Å²) in [7, 11) is 0. The summed E-state index contributed by atoms with van der Waals surface area (Å²) in [6.07, 6.45) is 1.35. The van der Waals surface area contributed by atoms with Crippen LogP contribution in [0.25, 0.3) is 0 Å². The maximum absolute atomic E-state index is 11.7. The summed E-state index contributed by atoms with van der Waals surface area (Å²) in [5, 5.41) is 12.9. The van der Waals surface area contributed by atoms with Gasteiger partial charge in [-0.25, -0.2) is 14.8 Å². The maximum atomic E-state index is 11.7. The van der Waals surface area contributed by atoms with Gasteiger partial charge in [0.15, 0.2) is 5.69 Å². The quantitative estimate of drug-likeness (QED) is 0.859. The van der Waals surface area contributed by atoms with Crippen LogP contribution in [-0.2, 0) is 0 Å². The first-order valence-corrected chi connectivity index (χ1v) is 5.50. The SMILES string of the molecule is O=C(Nc1cccnc1C(=O)O)c1cscn1. The van der Waals surface area contributed by atoms with Crippen LogP contribution in [0.4, 0.5) is 5.69 Å². The van der Waals surface area contributed by atoms with Gasteiger partial charge in [-0.05, 0) is 12.1 Å². The zero-order chi connectivity index (χ0) is 12.3. The van der Waals surface area contributed by atoms with Crippen LogP contribution in [0.5, 0.6) is 0 Å². The molecule has 0 aliphatic carbocycles. The predicted molar refractivity (Wildman–Crippen MR) is 61.3 cm³/mol. The third-order valence-electron chi connectivity index (χ3n) is 1.92. The molecule has 2 rings (SSSR count). The lowest BCUT2D eigenvalue weighted by Crippen LogP contribution is -2.15. The van der Waals surface area contributed by atoms with Gasteiger partial charge in [0, 0.05) is 11.6 Å². The van der Waals surface area contributed by atoms with Crippen LogP contribution in [0.1, 0.15) is 21.0 Å². The Morgan fingerprint density at radius 1 is 1.35 bits per heavy atom. The van der Waals surface area contributed by atoms with Gasteiger partial charge in [0.1, 0.15) is 5.69 Å². The van der Waals surface area contributed by atoms with E-state index >= 15 is 0 Å². The molecule has 1 amide bonds. The molecule has 2 aromatic rings. The van der Waals surface area contributed by atoms with E-state index in [-0.39, 0.29) is 17.1 Å². The average Bonchev–Trinajstić information content (AvgIpc) is 2.83. The fourth-order valence-electron chi connectivity index (χ4n) is 1.19. The first-order chi connectivity index (χ1) is 8.18. The molecule has 0 aromatic carbocycles. The molecular formula is C10H7N3O3S. The van der Waals surface area contributed by atoms with E-state index in [4.69, 9.17) is 5.11 Å². The van der Waals surface area contributed by atoms with Crippen molar-refractivity contribution in [2.75, 3.05) is 5.32 Å². The van der Waals surface area contributed by atoms with E-state index in [1.54, 1.807) is 11.4 Å². The molecule has 2 N–H and O–H groups in total. The maximum Gasteiger partial charge on any atom is 0.356 e. The lowest BCUT2D eigenvalue weighted by molar-refractivity contribution is 0.0692. The van der Waals surface area contributed by atoms with Crippen LogP contribution in [0.2, 0.25) is 0 Å². The van der Waals surface area contributed by atoms with Crippen LogP contribution in [-0.4, -0.2) is 27.0 Å². The molecule has 0 radical (unpaired) electrons. The van der Waals surface area contributed by atoms with Gasteiger partial charge in [-0.15, -0.1) is 11.3 Å². The summed E-state index contributed by atoms with van der Waals surface area (Å²) >= 11 is 1.29. The van der Waals surface area contributed by atoms with Crippen LogP contribution in [0.15, 0.2) is 29.2 Å². The van der Waals surface area contributed by atoms with Crippen molar-refractivity contribution in [3.8, 4) is 0 Å². The molecule has 0 saturated carbocycles. The van der Waals surface area contributed by atoms with Crippen LogP contribution in [0, 0.1) is 0 Å². The normalized spacial score (nSPS) is 9.88. The smallest absolute Gasteiger partial charge is 0.356 e. The molecule has 86 valence electrons. The first kappa shape index (κ1) is 11.2. The fraction of sp³-hybridized carbons (Fsp3) is 0. The van der Waals surface area contributed by atoms with Crippen molar-refractivity contribution >= 4 is 28.9 Å². The Bertz CT molecular complexity index is 554. The third kappa shape index (κ3) is 2.45. The topological polar surface area (TPSA) is 92.2 Å². The number of carbonyl (C=O) groups is 2. The van der Waals surface area contributed by atoms with Gasteiger partial charge in [-0.2, -0.15) is 0 Å². The lowest BCUT2D eigenvalue weighted by atomic mass is 10.3. The Hall–Kier alpha value is -2.28. The number of amides is 1. The summed E-state index contributed by atoms with van der Waals surface area (Å²) < 4.78 is 0. The Balaban J connectivity index is 2.25. The molecule has 7 heteroatoms. The summed E-state index contributed by atoms with van der Waals surface area (Å²) in [6.45, 7) is 0. The molecule has 0 aliphatic rings. The second-order valence-electron chi connectivity index (χ2n) is 3.03. The second kappa shape index (κ2) is 4.71. The molecule has 0 bridgehead atoms. The number of hydrogen-bond donors (Lipinski definition) is 2. The molecule has 6 nitrogen and oxygen atoms in total. The van der Waals surface area contributed by atoms with E-state index in [1.165, 1.54) is 29.1 Å². The van der Waals surface area contributed by atoms with Crippen molar-refractivity contribution in [3.05, 3.63) is 40.6 Å². The summed E-state index contributed by atoms with van der Waals surface area (Å²) in [4.78, 5) is 30.0. The molecular weight excluding hydrogens is 242 g/mol. The summed E-state index contributed by atoms with van der Waals surface area (Å²) in [5.41, 5.74) is 1.72. The van der Waals surface area contributed by atoms with Crippen molar-refractivity contribution in [1.82, 2.24) is 9.97 Å². The first-order valence-electron chi connectivity index (χ1n) is 4.56. The highest BCUT2D eigenvalue weighted by atomic mass is 32.1. The molecule has 2 heterocycles. The van der Waals surface area contributed by atoms with Gasteiger partial charge in [0.25, 0.3) is 5.91 Å². The monoisotopic (exact) mass is 249 g/mol. The fourth-order valence-corrected chi connectivity index (χ4v) is 1.72. The molecule has 0 spiro atoms. The number of thiazole rings is 1. The molecule has 0 unspecified atom stereocenters. The number of hydrogen-bond acceptors (Lipinski definition) is 5. The third-order valence-corrected chi connectivity index (χ3v) is 2.51.